The van der Waals surface area contributed by atoms with Gasteiger partial charge in [-0.25, -0.2) is 4.98 Å². The Bertz CT molecular complexity index is 687. The molecule has 2 amide bonds. The van der Waals surface area contributed by atoms with Crippen LogP contribution in [0.3, 0.4) is 0 Å². The molecule has 0 aliphatic carbocycles. The molecule has 0 unspecified atom stereocenters. The van der Waals surface area contributed by atoms with Crippen LogP contribution in [0.25, 0.3) is 0 Å². The van der Waals surface area contributed by atoms with Gasteiger partial charge in [-0.1, -0.05) is 18.9 Å². The molecule has 4 heterocycles. The van der Waals surface area contributed by atoms with Crippen molar-refractivity contribution in [3.05, 3.63) is 24.4 Å². The molecular weight excluding hydrogens is 364 g/mol. The van der Waals surface area contributed by atoms with Crippen LogP contribution in [-0.2, 0) is 9.59 Å². The van der Waals surface area contributed by atoms with Crippen LogP contribution >= 0.6 is 0 Å². The molecule has 0 radical (unpaired) electrons. The first kappa shape index (κ1) is 20.2. The molecule has 6 heteroatoms. The summed E-state index contributed by atoms with van der Waals surface area (Å²) in [6.07, 6.45) is 10.3. The van der Waals surface area contributed by atoms with E-state index in [0.29, 0.717) is 6.54 Å². The number of carbonyl (C=O) groups is 2. The number of likely N-dealkylation sites (tertiary alicyclic amines) is 2. The lowest BCUT2D eigenvalue weighted by Crippen LogP contribution is -2.51. The number of hydrogen-bond donors (Lipinski definition) is 0. The monoisotopic (exact) mass is 398 g/mol. The van der Waals surface area contributed by atoms with Crippen LogP contribution in [0.5, 0.6) is 0 Å². The molecule has 3 saturated heterocycles. The van der Waals surface area contributed by atoms with Crippen molar-refractivity contribution in [2.75, 3.05) is 44.2 Å². The molecule has 3 aliphatic rings. The van der Waals surface area contributed by atoms with Crippen molar-refractivity contribution in [1.82, 2.24) is 14.8 Å². The number of pyridine rings is 1. The van der Waals surface area contributed by atoms with Gasteiger partial charge in [0.25, 0.3) is 0 Å². The third-order valence-corrected chi connectivity index (χ3v) is 6.74. The molecule has 0 spiro atoms. The molecule has 2 atom stereocenters. The molecule has 158 valence electrons. The summed E-state index contributed by atoms with van der Waals surface area (Å²) in [6.45, 7) is 4.88. The van der Waals surface area contributed by atoms with E-state index in [9.17, 15) is 9.59 Å². The van der Waals surface area contributed by atoms with Gasteiger partial charge in [0.1, 0.15) is 5.82 Å². The Morgan fingerprint density at radius 1 is 0.759 bits per heavy atom. The zero-order valence-electron chi connectivity index (χ0n) is 17.5. The molecular formula is C23H34N4O2. The zero-order chi connectivity index (χ0) is 20.1. The van der Waals surface area contributed by atoms with Gasteiger partial charge in [0.05, 0.1) is 11.8 Å². The summed E-state index contributed by atoms with van der Waals surface area (Å²) in [5.74, 6) is 1.47. The molecule has 0 saturated carbocycles. The largest absolute Gasteiger partial charge is 0.356 e. The zero-order valence-corrected chi connectivity index (χ0v) is 17.5. The Morgan fingerprint density at radius 3 is 2.14 bits per heavy atom. The van der Waals surface area contributed by atoms with Crippen molar-refractivity contribution in [3.63, 3.8) is 0 Å². The van der Waals surface area contributed by atoms with Gasteiger partial charge in [-0.15, -0.1) is 0 Å². The van der Waals surface area contributed by atoms with Crippen LogP contribution in [0, 0.1) is 11.8 Å². The first-order valence-corrected chi connectivity index (χ1v) is 11.5. The second-order valence-electron chi connectivity index (χ2n) is 8.84. The van der Waals surface area contributed by atoms with Crippen molar-refractivity contribution in [3.8, 4) is 0 Å². The van der Waals surface area contributed by atoms with E-state index >= 15 is 0 Å². The van der Waals surface area contributed by atoms with Crippen molar-refractivity contribution in [1.29, 1.82) is 0 Å². The number of anilines is 1. The maximum Gasteiger partial charge on any atom is 0.227 e. The average Bonchev–Trinajstić information content (AvgIpc) is 3.08. The Balaban J connectivity index is 1.36. The van der Waals surface area contributed by atoms with E-state index in [4.69, 9.17) is 0 Å². The smallest absolute Gasteiger partial charge is 0.227 e. The fourth-order valence-corrected chi connectivity index (χ4v) is 5.11. The number of piperidine rings is 2. The Morgan fingerprint density at radius 2 is 1.41 bits per heavy atom. The van der Waals surface area contributed by atoms with E-state index in [-0.39, 0.29) is 23.7 Å². The van der Waals surface area contributed by atoms with E-state index in [2.05, 4.69) is 14.8 Å². The van der Waals surface area contributed by atoms with E-state index in [1.807, 2.05) is 29.3 Å². The number of aromatic nitrogens is 1. The number of amides is 2. The van der Waals surface area contributed by atoms with Crippen molar-refractivity contribution in [2.45, 2.75) is 51.4 Å². The normalized spacial score (nSPS) is 26.1. The lowest BCUT2D eigenvalue weighted by molar-refractivity contribution is -0.143. The van der Waals surface area contributed by atoms with Gasteiger partial charge >= 0.3 is 0 Å². The fourth-order valence-electron chi connectivity index (χ4n) is 5.11. The molecule has 29 heavy (non-hydrogen) atoms. The summed E-state index contributed by atoms with van der Waals surface area (Å²) in [6, 6.07) is 5.94. The van der Waals surface area contributed by atoms with Gasteiger partial charge in [-0.3, -0.25) is 9.59 Å². The fraction of sp³-hybridized carbons (Fsp3) is 0.696. The molecule has 4 rings (SSSR count). The summed E-state index contributed by atoms with van der Waals surface area (Å²) >= 11 is 0. The maximum atomic E-state index is 13.3. The Labute approximate surface area is 174 Å². The second-order valence-corrected chi connectivity index (χ2v) is 8.84. The highest BCUT2D eigenvalue weighted by Gasteiger charge is 2.35. The van der Waals surface area contributed by atoms with Crippen LogP contribution in [0.4, 0.5) is 5.82 Å². The predicted octanol–water partition coefficient (Wildman–Crippen LogP) is 2.94. The van der Waals surface area contributed by atoms with E-state index in [1.165, 1.54) is 12.8 Å². The van der Waals surface area contributed by atoms with E-state index in [1.54, 1.807) is 0 Å². The standard InChI is InChI=1S/C23H34N4O2/c28-22(25-13-5-1-2-6-14-25)20-10-8-16-27(18-20)23(29)19-9-7-15-26(17-19)21-11-3-4-12-24-21/h3-4,11-12,19-20H,1-2,5-10,13-18H2/t19-,20+/m1/s1. The van der Waals surface area contributed by atoms with E-state index < -0.39 is 0 Å². The minimum atomic E-state index is -0.0127. The summed E-state index contributed by atoms with van der Waals surface area (Å²) in [7, 11) is 0. The maximum absolute atomic E-state index is 13.3. The minimum Gasteiger partial charge on any atom is -0.356 e. The topological polar surface area (TPSA) is 56.8 Å². The first-order chi connectivity index (χ1) is 14.2. The molecule has 3 fully saturated rings. The van der Waals surface area contributed by atoms with Gasteiger partial charge in [-0.2, -0.15) is 0 Å². The summed E-state index contributed by atoms with van der Waals surface area (Å²) in [4.78, 5) is 37.1. The van der Waals surface area contributed by atoms with E-state index in [0.717, 1.165) is 77.1 Å². The van der Waals surface area contributed by atoms with Gasteiger partial charge in [-0.05, 0) is 50.7 Å². The van der Waals surface area contributed by atoms with Gasteiger partial charge in [0.2, 0.25) is 11.8 Å². The quantitative estimate of drug-likeness (QED) is 0.786. The second kappa shape index (κ2) is 9.59. The van der Waals surface area contributed by atoms with Crippen LogP contribution in [0.2, 0.25) is 0 Å². The van der Waals surface area contributed by atoms with Gasteiger partial charge < -0.3 is 14.7 Å². The molecule has 1 aromatic rings. The van der Waals surface area contributed by atoms with Crippen LogP contribution in [0.15, 0.2) is 24.4 Å². The SMILES string of the molecule is O=C([C@H]1CCCN(C(=O)[C@@H]2CCCN(c3ccccn3)C2)C1)N1CCCCCC1. The molecule has 0 aromatic carbocycles. The van der Waals surface area contributed by atoms with Gasteiger partial charge in [0, 0.05) is 45.5 Å². The lowest BCUT2D eigenvalue weighted by atomic mass is 9.92. The number of hydrogen-bond acceptors (Lipinski definition) is 4. The highest BCUT2D eigenvalue weighted by atomic mass is 16.2. The number of nitrogens with zero attached hydrogens (tertiary/aromatic N) is 4. The number of rotatable bonds is 3. The summed E-state index contributed by atoms with van der Waals surface area (Å²) in [5, 5.41) is 0. The summed E-state index contributed by atoms with van der Waals surface area (Å²) < 4.78 is 0. The summed E-state index contributed by atoms with van der Waals surface area (Å²) in [5.41, 5.74) is 0. The van der Waals surface area contributed by atoms with Crippen LogP contribution in [0.1, 0.15) is 51.4 Å². The van der Waals surface area contributed by atoms with Crippen molar-refractivity contribution < 1.29 is 9.59 Å². The lowest BCUT2D eigenvalue weighted by Gasteiger charge is -2.39. The Hall–Kier alpha value is -2.11. The third-order valence-electron chi connectivity index (χ3n) is 6.74. The first-order valence-electron chi connectivity index (χ1n) is 11.5. The predicted molar refractivity (Wildman–Crippen MR) is 114 cm³/mol. The molecule has 0 bridgehead atoms. The Kier molecular flexibility index (Phi) is 6.67. The highest BCUT2D eigenvalue weighted by Crippen LogP contribution is 2.26. The average molecular weight is 399 g/mol. The van der Waals surface area contributed by atoms with Gasteiger partial charge in [0.15, 0.2) is 0 Å². The van der Waals surface area contributed by atoms with Crippen molar-refractivity contribution >= 4 is 17.6 Å². The minimum absolute atomic E-state index is 0.0118. The van der Waals surface area contributed by atoms with Crippen LogP contribution in [-0.4, -0.2) is 65.9 Å². The third kappa shape index (κ3) is 4.90. The molecule has 0 N–H and O–H groups in total. The number of carbonyl (C=O) groups excluding carboxylic acids is 2. The molecule has 1 aromatic heterocycles. The molecule has 3 aliphatic heterocycles. The van der Waals surface area contributed by atoms with Crippen molar-refractivity contribution in [2.24, 2.45) is 11.8 Å². The molecule has 6 nitrogen and oxygen atoms in total. The van der Waals surface area contributed by atoms with Crippen LogP contribution < -0.4 is 4.90 Å². The highest BCUT2D eigenvalue weighted by molar-refractivity contribution is 5.83.